The molecular weight excluding hydrogens is 342 g/mol. The van der Waals surface area contributed by atoms with Crippen LogP contribution in [0.25, 0.3) is 0 Å². The van der Waals surface area contributed by atoms with Gasteiger partial charge in [-0.1, -0.05) is 6.92 Å². The molecule has 1 unspecified atom stereocenters. The normalized spacial score (nSPS) is 19.0. The van der Waals surface area contributed by atoms with E-state index in [0.717, 1.165) is 17.7 Å². The summed E-state index contributed by atoms with van der Waals surface area (Å²) >= 11 is 0. The highest BCUT2D eigenvalue weighted by Crippen LogP contribution is 2.18. The number of nitrogens with one attached hydrogen (secondary N) is 1. The van der Waals surface area contributed by atoms with Crippen LogP contribution >= 0.6 is 0 Å². The van der Waals surface area contributed by atoms with Gasteiger partial charge in [0.25, 0.3) is 0 Å². The third kappa shape index (κ3) is 6.13. The second-order valence-corrected chi connectivity index (χ2v) is 8.09. The fourth-order valence-corrected chi connectivity index (χ4v) is 3.50. The average Bonchev–Trinajstić information content (AvgIpc) is 2.60. The van der Waals surface area contributed by atoms with E-state index in [9.17, 15) is 13.2 Å². The standard InChI is InChI=1S/C17H25N3O4S/c1-3-11-24-16-8-6-14(7-9-16)12-18-19-17(21)15-5-4-10-20(13-15)25(2,22)23/h6-9,12,15H,3-5,10-11,13H2,1-2H3,(H,19,21)/b18-12+. The molecular formula is C17H25N3O4S. The lowest BCUT2D eigenvalue weighted by Gasteiger charge is -2.29. The third-order valence-corrected chi connectivity index (χ3v) is 5.23. The van der Waals surface area contributed by atoms with Gasteiger partial charge in [0.05, 0.1) is 25.0 Å². The van der Waals surface area contributed by atoms with E-state index in [2.05, 4.69) is 10.5 Å². The van der Waals surface area contributed by atoms with Gasteiger partial charge in [-0.2, -0.15) is 5.10 Å². The lowest BCUT2D eigenvalue weighted by molar-refractivity contribution is -0.126. The Labute approximate surface area is 149 Å². The molecule has 1 aromatic carbocycles. The molecule has 1 aliphatic heterocycles. The van der Waals surface area contributed by atoms with Crippen LogP contribution in [0, 0.1) is 5.92 Å². The topological polar surface area (TPSA) is 88.1 Å². The number of carbonyl (C=O) groups excluding carboxylic acids is 1. The van der Waals surface area contributed by atoms with Gasteiger partial charge in [0.2, 0.25) is 15.9 Å². The van der Waals surface area contributed by atoms with Crippen molar-refractivity contribution in [3.8, 4) is 5.75 Å². The van der Waals surface area contributed by atoms with Crippen molar-refractivity contribution in [1.29, 1.82) is 0 Å². The number of rotatable bonds is 7. The number of hydrogen-bond acceptors (Lipinski definition) is 5. The second kappa shape index (κ2) is 8.96. The van der Waals surface area contributed by atoms with Gasteiger partial charge in [0.15, 0.2) is 0 Å². The largest absolute Gasteiger partial charge is 0.494 e. The summed E-state index contributed by atoms with van der Waals surface area (Å²) in [5.74, 6) is 0.170. The van der Waals surface area contributed by atoms with E-state index in [4.69, 9.17) is 4.74 Å². The van der Waals surface area contributed by atoms with Crippen molar-refractivity contribution in [1.82, 2.24) is 9.73 Å². The third-order valence-electron chi connectivity index (χ3n) is 3.97. The number of sulfonamides is 1. The molecule has 1 aromatic rings. The van der Waals surface area contributed by atoms with Crippen LogP contribution in [-0.2, 0) is 14.8 Å². The molecule has 0 aliphatic carbocycles. The van der Waals surface area contributed by atoms with Crippen LogP contribution in [0.1, 0.15) is 31.7 Å². The second-order valence-electron chi connectivity index (χ2n) is 6.11. The summed E-state index contributed by atoms with van der Waals surface area (Å²) < 4.78 is 30.1. The van der Waals surface area contributed by atoms with Gasteiger partial charge in [0.1, 0.15) is 5.75 Å². The molecule has 7 nitrogen and oxygen atoms in total. The van der Waals surface area contributed by atoms with Crippen molar-refractivity contribution in [3.63, 3.8) is 0 Å². The molecule has 2 rings (SSSR count). The predicted molar refractivity (Wildman–Crippen MR) is 97.1 cm³/mol. The van der Waals surface area contributed by atoms with Crippen LogP contribution in [0.2, 0.25) is 0 Å². The molecule has 0 saturated carbocycles. The van der Waals surface area contributed by atoms with E-state index in [1.807, 2.05) is 31.2 Å². The summed E-state index contributed by atoms with van der Waals surface area (Å²) in [5, 5.41) is 3.96. The molecule has 0 aromatic heterocycles. The van der Waals surface area contributed by atoms with Crippen molar-refractivity contribution in [2.24, 2.45) is 11.0 Å². The van der Waals surface area contributed by atoms with E-state index >= 15 is 0 Å². The molecule has 1 aliphatic rings. The summed E-state index contributed by atoms with van der Waals surface area (Å²) in [6.45, 7) is 3.41. The van der Waals surface area contributed by atoms with Gasteiger partial charge < -0.3 is 4.74 Å². The minimum atomic E-state index is -3.26. The van der Waals surface area contributed by atoms with Crippen molar-refractivity contribution < 1.29 is 17.9 Å². The zero-order valence-corrected chi connectivity index (χ0v) is 15.5. The molecule has 138 valence electrons. The fourth-order valence-electron chi connectivity index (χ4n) is 2.59. The predicted octanol–water partition coefficient (Wildman–Crippen LogP) is 1.60. The SMILES string of the molecule is CCCOc1ccc(/C=N/NC(=O)C2CCCN(S(C)(=O)=O)C2)cc1. The van der Waals surface area contributed by atoms with Crippen LogP contribution in [0.5, 0.6) is 5.75 Å². The van der Waals surface area contributed by atoms with Crippen LogP contribution < -0.4 is 10.2 Å². The molecule has 0 spiro atoms. The first-order valence-electron chi connectivity index (χ1n) is 8.41. The Bertz CT molecular complexity index is 701. The Hall–Kier alpha value is -1.93. The number of hydrazone groups is 1. The molecule has 1 fully saturated rings. The zero-order chi connectivity index (χ0) is 18.3. The van der Waals surface area contributed by atoms with Gasteiger partial charge in [-0.25, -0.2) is 18.1 Å². The van der Waals surface area contributed by atoms with E-state index in [-0.39, 0.29) is 18.4 Å². The Morgan fingerprint density at radius 1 is 1.40 bits per heavy atom. The maximum Gasteiger partial charge on any atom is 0.244 e. The Balaban J connectivity index is 1.85. The first kappa shape index (κ1) is 19.4. The lowest BCUT2D eigenvalue weighted by Crippen LogP contribution is -2.44. The fraction of sp³-hybridized carbons (Fsp3) is 0.529. The van der Waals surface area contributed by atoms with Crippen molar-refractivity contribution in [2.75, 3.05) is 26.0 Å². The highest BCUT2D eigenvalue weighted by atomic mass is 32.2. The maximum absolute atomic E-state index is 12.2. The molecule has 1 amide bonds. The minimum absolute atomic E-state index is 0.212. The molecule has 1 heterocycles. The molecule has 0 radical (unpaired) electrons. The van der Waals surface area contributed by atoms with E-state index in [1.165, 1.54) is 10.6 Å². The van der Waals surface area contributed by atoms with Crippen LogP contribution in [0.3, 0.4) is 0 Å². The Morgan fingerprint density at radius 3 is 2.76 bits per heavy atom. The number of benzene rings is 1. The minimum Gasteiger partial charge on any atom is -0.494 e. The van der Waals surface area contributed by atoms with Gasteiger partial charge >= 0.3 is 0 Å². The highest BCUT2D eigenvalue weighted by Gasteiger charge is 2.29. The smallest absolute Gasteiger partial charge is 0.244 e. The Morgan fingerprint density at radius 2 is 2.12 bits per heavy atom. The van der Waals surface area contributed by atoms with Gasteiger partial charge in [-0.3, -0.25) is 4.79 Å². The number of ether oxygens (including phenoxy) is 1. The van der Waals surface area contributed by atoms with E-state index in [1.54, 1.807) is 6.21 Å². The van der Waals surface area contributed by atoms with Crippen LogP contribution in [-0.4, -0.2) is 50.8 Å². The van der Waals surface area contributed by atoms with Crippen molar-refractivity contribution >= 4 is 22.1 Å². The lowest BCUT2D eigenvalue weighted by atomic mass is 9.99. The molecule has 1 atom stereocenters. The molecule has 1 N–H and O–H groups in total. The van der Waals surface area contributed by atoms with Gasteiger partial charge in [-0.05, 0) is 49.1 Å². The first-order chi connectivity index (χ1) is 11.9. The number of piperidine rings is 1. The highest BCUT2D eigenvalue weighted by molar-refractivity contribution is 7.88. The monoisotopic (exact) mass is 367 g/mol. The number of hydrogen-bond donors (Lipinski definition) is 1. The summed E-state index contributed by atoms with van der Waals surface area (Å²) in [6.07, 6.45) is 5.01. The quantitative estimate of drug-likeness (QED) is 0.586. The number of nitrogens with zero attached hydrogens (tertiary/aromatic N) is 2. The maximum atomic E-state index is 12.2. The molecule has 25 heavy (non-hydrogen) atoms. The van der Waals surface area contributed by atoms with E-state index < -0.39 is 10.0 Å². The van der Waals surface area contributed by atoms with Gasteiger partial charge in [0, 0.05) is 13.1 Å². The van der Waals surface area contributed by atoms with Crippen LogP contribution in [0.4, 0.5) is 0 Å². The van der Waals surface area contributed by atoms with Crippen LogP contribution in [0.15, 0.2) is 29.4 Å². The molecule has 8 heteroatoms. The number of amides is 1. The summed E-state index contributed by atoms with van der Waals surface area (Å²) in [6, 6.07) is 7.41. The molecule has 1 saturated heterocycles. The van der Waals surface area contributed by atoms with Crippen molar-refractivity contribution in [2.45, 2.75) is 26.2 Å². The average molecular weight is 367 g/mol. The summed E-state index contributed by atoms with van der Waals surface area (Å²) in [7, 11) is -3.26. The first-order valence-corrected chi connectivity index (χ1v) is 10.3. The molecule has 0 bridgehead atoms. The summed E-state index contributed by atoms with van der Waals surface area (Å²) in [4.78, 5) is 12.2. The van der Waals surface area contributed by atoms with Gasteiger partial charge in [-0.15, -0.1) is 0 Å². The Kier molecular flexibility index (Phi) is 6.95. The van der Waals surface area contributed by atoms with E-state index in [0.29, 0.717) is 26.0 Å². The van der Waals surface area contributed by atoms with Crippen molar-refractivity contribution in [3.05, 3.63) is 29.8 Å². The zero-order valence-electron chi connectivity index (χ0n) is 14.6. The number of carbonyl (C=O) groups is 1. The summed E-state index contributed by atoms with van der Waals surface area (Å²) in [5.41, 5.74) is 3.34.